The van der Waals surface area contributed by atoms with Gasteiger partial charge in [0.15, 0.2) is 0 Å². The van der Waals surface area contributed by atoms with E-state index in [1.165, 1.54) is 4.90 Å². The molecular weight excluding hydrogens is 298 g/mol. The highest BCUT2D eigenvalue weighted by molar-refractivity contribution is 6.00. The van der Waals surface area contributed by atoms with Crippen molar-refractivity contribution in [3.63, 3.8) is 0 Å². The molecule has 0 radical (unpaired) electrons. The van der Waals surface area contributed by atoms with Crippen molar-refractivity contribution in [2.24, 2.45) is 0 Å². The molecule has 0 atom stereocenters. The van der Waals surface area contributed by atoms with E-state index in [4.69, 9.17) is 4.74 Å². The summed E-state index contributed by atoms with van der Waals surface area (Å²) < 4.78 is 5.51. The van der Waals surface area contributed by atoms with Crippen LogP contribution in [-0.4, -0.2) is 43.5 Å². The van der Waals surface area contributed by atoms with Crippen molar-refractivity contribution >= 4 is 23.4 Å². The Kier molecular flexibility index (Phi) is 5.56. The molecule has 1 heterocycles. The molecule has 0 aromatic heterocycles. The smallest absolute Gasteiger partial charge is 0.240 e. The van der Waals surface area contributed by atoms with Gasteiger partial charge in [0.1, 0.15) is 12.3 Å². The molecule has 1 aromatic carbocycles. The Morgan fingerprint density at radius 3 is 2.74 bits per heavy atom. The molecule has 0 bridgehead atoms. The lowest BCUT2D eigenvalue weighted by atomic mass is 10.2. The number of carbonyl (C=O) groups excluding carboxylic acids is 3. The molecule has 1 aliphatic rings. The van der Waals surface area contributed by atoms with Gasteiger partial charge in [0.05, 0.1) is 25.3 Å². The Hall–Kier alpha value is -2.57. The second-order valence-electron chi connectivity index (χ2n) is 5.55. The van der Waals surface area contributed by atoms with Crippen LogP contribution in [0, 0.1) is 0 Å². The molecule has 0 saturated carbocycles. The van der Waals surface area contributed by atoms with Gasteiger partial charge in [-0.3, -0.25) is 19.3 Å². The van der Waals surface area contributed by atoms with E-state index in [0.29, 0.717) is 11.4 Å². The highest BCUT2D eigenvalue weighted by atomic mass is 16.5. The zero-order valence-electron chi connectivity index (χ0n) is 13.3. The normalized spacial score (nSPS) is 13.9. The molecule has 7 nitrogen and oxygen atoms in total. The standard InChI is InChI=1S/C16H21N3O4/c1-11(2)18-14(20)9-17-15(21)10-19-12-5-3-4-6-13(12)23-8-7-16(19)22/h3-6,11H,7-10H2,1-2H3,(H,17,21)(H,18,20). The van der Waals surface area contributed by atoms with Crippen molar-refractivity contribution in [1.82, 2.24) is 10.6 Å². The van der Waals surface area contributed by atoms with Gasteiger partial charge in [-0.1, -0.05) is 12.1 Å². The largest absolute Gasteiger partial charge is 0.491 e. The number of rotatable bonds is 5. The molecule has 3 amide bonds. The first-order valence-corrected chi connectivity index (χ1v) is 7.55. The van der Waals surface area contributed by atoms with Crippen molar-refractivity contribution in [3.8, 4) is 5.75 Å². The Morgan fingerprint density at radius 1 is 1.26 bits per heavy atom. The van der Waals surface area contributed by atoms with Crippen LogP contribution in [0.5, 0.6) is 5.75 Å². The predicted molar refractivity (Wildman–Crippen MR) is 85.2 cm³/mol. The maximum absolute atomic E-state index is 12.2. The third kappa shape index (κ3) is 4.70. The second-order valence-corrected chi connectivity index (χ2v) is 5.55. The maximum Gasteiger partial charge on any atom is 0.240 e. The van der Waals surface area contributed by atoms with Gasteiger partial charge in [0, 0.05) is 6.04 Å². The minimum atomic E-state index is -0.394. The van der Waals surface area contributed by atoms with Gasteiger partial charge in [-0.2, -0.15) is 0 Å². The fourth-order valence-corrected chi connectivity index (χ4v) is 2.24. The number of amides is 3. The summed E-state index contributed by atoms with van der Waals surface area (Å²) in [5.74, 6) is -0.270. The molecule has 0 aliphatic carbocycles. The van der Waals surface area contributed by atoms with Crippen molar-refractivity contribution in [1.29, 1.82) is 0 Å². The minimum absolute atomic E-state index is 0.00983. The zero-order chi connectivity index (χ0) is 16.8. The van der Waals surface area contributed by atoms with Crippen LogP contribution in [0.1, 0.15) is 20.3 Å². The lowest BCUT2D eigenvalue weighted by Crippen LogP contribution is -2.45. The highest BCUT2D eigenvalue weighted by Crippen LogP contribution is 2.30. The van der Waals surface area contributed by atoms with Crippen LogP contribution >= 0.6 is 0 Å². The summed E-state index contributed by atoms with van der Waals surface area (Å²) in [7, 11) is 0. The summed E-state index contributed by atoms with van der Waals surface area (Å²) in [6.07, 6.45) is 0.204. The van der Waals surface area contributed by atoms with E-state index in [1.807, 2.05) is 19.9 Å². The van der Waals surface area contributed by atoms with Crippen LogP contribution in [0.15, 0.2) is 24.3 Å². The van der Waals surface area contributed by atoms with Crippen molar-refractivity contribution in [3.05, 3.63) is 24.3 Å². The topological polar surface area (TPSA) is 87.7 Å². The van der Waals surface area contributed by atoms with Gasteiger partial charge in [-0.05, 0) is 26.0 Å². The number of nitrogens with zero attached hydrogens (tertiary/aromatic N) is 1. The van der Waals surface area contributed by atoms with Gasteiger partial charge in [-0.25, -0.2) is 0 Å². The van der Waals surface area contributed by atoms with Crippen LogP contribution in [0.3, 0.4) is 0 Å². The minimum Gasteiger partial charge on any atom is -0.491 e. The predicted octanol–water partition coefficient (Wildman–Crippen LogP) is 0.443. The maximum atomic E-state index is 12.2. The summed E-state index contributed by atoms with van der Waals surface area (Å²) in [6.45, 7) is 3.70. The van der Waals surface area contributed by atoms with Crippen LogP contribution in [0.25, 0.3) is 0 Å². The van der Waals surface area contributed by atoms with E-state index in [-0.39, 0.29) is 44.0 Å². The first kappa shape index (κ1) is 16.8. The van der Waals surface area contributed by atoms with Crippen LogP contribution < -0.4 is 20.3 Å². The summed E-state index contributed by atoms with van der Waals surface area (Å²) in [4.78, 5) is 37.2. The first-order chi connectivity index (χ1) is 11.0. The summed E-state index contributed by atoms with van der Waals surface area (Å²) in [5.41, 5.74) is 0.566. The lowest BCUT2D eigenvalue weighted by molar-refractivity contribution is -0.126. The number of hydrogen-bond acceptors (Lipinski definition) is 4. The van der Waals surface area contributed by atoms with E-state index in [1.54, 1.807) is 18.2 Å². The van der Waals surface area contributed by atoms with E-state index < -0.39 is 5.91 Å². The average molecular weight is 319 g/mol. The molecule has 0 fully saturated rings. The summed E-state index contributed by atoms with van der Waals surface area (Å²) in [6, 6.07) is 7.09. The molecule has 0 spiro atoms. The molecule has 7 heteroatoms. The Bertz CT molecular complexity index is 601. The first-order valence-electron chi connectivity index (χ1n) is 7.55. The Morgan fingerprint density at radius 2 is 2.00 bits per heavy atom. The number of para-hydroxylation sites is 2. The van der Waals surface area contributed by atoms with E-state index in [0.717, 1.165) is 0 Å². The van der Waals surface area contributed by atoms with Crippen LogP contribution in [-0.2, 0) is 14.4 Å². The van der Waals surface area contributed by atoms with Gasteiger partial charge in [0.2, 0.25) is 17.7 Å². The fourth-order valence-electron chi connectivity index (χ4n) is 2.24. The molecule has 23 heavy (non-hydrogen) atoms. The van der Waals surface area contributed by atoms with E-state index in [9.17, 15) is 14.4 Å². The molecule has 1 aromatic rings. The quantitative estimate of drug-likeness (QED) is 0.824. The van der Waals surface area contributed by atoms with Crippen LogP contribution in [0.4, 0.5) is 5.69 Å². The number of anilines is 1. The third-order valence-electron chi connectivity index (χ3n) is 3.23. The highest BCUT2D eigenvalue weighted by Gasteiger charge is 2.25. The zero-order valence-corrected chi connectivity index (χ0v) is 13.3. The molecule has 0 saturated heterocycles. The second kappa shape index (κ2) is 7.62. The molecule has 0 unspecified atom stereocenters. The van der Waals surface area contributed by atoms with Gasteiger partial charge in [0.25, 0.3) is 0 Å². The van der Waals surface area contributed by atoms with Crippen molar-refractivity contribution in [2.45, 2.75) is 26.3 Å². The summed E-state index contributed by atoms with van der Waals surface area (Å²) >= 11 is 0. The number of fused-ring (bicyclic) bond motifs is 1. The molecular formula is C16H21N3O4. The van der Waals surface area contributed by atoms with E-state index >= 15 is 0 Å². The fraction of sp³-hybridized carbons (Fsp3) is 0.438. The number of ether oxygens (including phenoxy) is 1. The SMILES string of the molecule is CC(C)NC(=O)CNC(=O)CN1C(=O)CCOc2ccccc21. The lowest BCUT2D eigenvalue weighted by Gasteiger charge is -2.21. The Balaban J connectivity index is 1.99. The third-order valence-corrected chi connectivity index (χ3v) is 3.23. The molecule has 124 valence electrons. The van der Waals surface area contributed by atoms with E-state index in [2.05, 4.69) is 10.6 Å². The van der Waals surface area contributed by atoms with Gasteiger partial charge < -0.3 is 15.4 Å². The molecule has 1 aliphatic heterocycles. The summed E-state index contributed by atoms with van der Waals surface area (Å²) in [5, 5.41) is 5.20. The Labute approximate surface area is 135 Å². The average Bonchev–Trinajstić information content (AvgIpc) is 2.65. The number of benzene rings is 1. The van der Waals surface area contributed by atoms with Gasteiger partial charge >= 0.3 is 0 Å². The number of nitrogens with one attached hydrogen (secondary N) is 2. The van der Waals surface area contributed by atoms with Crippen molar-refractivity contribution < 1.29 is 19.1 Å². The van der Waals surface area contributed by atoms with Gasteiger partial charge in [-0.15, -0.1) is 0 Å². The molecule has 2 N–H and O–H groups in total. The number of hydrogen-bond donors (Lipinski definition) is 2. The number of carbonyl (C=O) groups is 3. The molecule has 2 rings (SSSR count). The monoisotopic (exact) mass is 319 g/mol. The van der Waals surface area contributed by atoms with Crippen LogP contribution in [0.2, 0.25) is 0 Å². The van der Waals surface area contributed by atoms with Crippen molar-refractivity contribution in [2.75, 3.05) is 24.6 Å².